The second-order valence-corrected chi connectivity index (χ2v) is 8.82. The van der Waals surface area contributed by atoms with Crippen LogP contribution in [-0.2, 0) is 31.2 Å². The Labute approximate surface area is 218 Å². The molecule has 0 spiro atoms. The van der Waals surface area contributed by atoms with Crippen molar-refractivity contribution in [3.05, 3.63) is 138 Å². The lowest BCUT2D eigenvalue weighted by molar-refractivity contribution is 0.106. The molecule has 4 heteroatoms. The van der Waals surface area contributed by atoms with Gasteiger partial charge in [0.1, 0.15) is 30.5 Å². The van der Waals surface area contributed by atoms with Crippen LogP contribution < -0.4 is 14.2 Å². The summed E-state index contributed by atoms with van der Waals surface area (Å²) in [6, 6.07) is 38.6. The molecule has 0 heterocycles. The van der Waals surface area contributed by atoms with Crippen LogP contribution in [0.2, 0.25) is 0 Å². The lowest BCUT2D eigenvalue weighted by Gasteiger charge is -2.15. The van der Waals surface area contributed by atoms with Crippen molar-refractivity contribution in [2.24, 2.45) is 0 Å². The van der Waals surface area contributed by atoms with Gasteiger partial charge < -0.3 is 18.9 Å². The highest BCUT2D eigenvalue weighted by atomic mass is 16.5. The second kappa shape index (κ2) is 12.1. The van der Waals surface area contributed by atoms with Crippen molar-refractivity contribution >= 4 is 10.8 Å². The summed E-state index contributed by atoms with van der Waals surface area (Å²) in [5.41, 5.74) is 4.24. The van der Waals surface area contributed by atoms with E-state index in [2.05, 4.69) is 42.5 Å². The maximum absolute atomic E-state index is 6.20. The molecule has 186 valence electrons. The summed E-state index contributed by atoms with van der Waals surface area (Å²) >= 11 is 0. The summed E-state index contributed by atoms with van der Waals surface area (Å²) in [5, 5.41) is 2.29. The third kappa shape index (κ3) is 6.49. The van der Waals surface area contributed by atoms with E-state index in [0.717, 1.165) is 50.3 Å². The van der Waals surface area contributed by atoms with Crippen LogP contribution in [0, 0.1) is 0 Å². The quantitative estimate of drug-likeness (QED) is 0.190. The molecule has 5 aromatic rings. The summed E-state index contributed by atoms with van der Waals surface area (Å²) in [4.78, 5) is 0. The lowest BCUT2D eigenvalue weighted by atomic mass is 10.0. The van der Waals surface area contributed by atoms with Crippen molar-refractivity contribution in [1.82, 2.24) is 0 Å². The Morgan fingerprint density at radius 2 is 1.11 bits per heavy atom. The first kappa shape index (κ1) is 24.4. The molecule has 0 amide bonds. The van der Waals surface area contributed by atoms with Crippen LogP contribution in [0.15, 0.2) is 115 Å². The Balaban J connectivity index is 1.32. The number of hydrogen-bond acceptors (Lipinski definition) is 4. The van der Waals surface area contributed by atoms with E-state index in [-0.39, 0.29) is 0 Å². The van der Waals surface area contributed by atoms with Crippen LogP contribution in [0.1, 0.15) is 22.3 Å². The van der Waals surface area contributed by atoms with Crippen molar-refractivity contribution in [1.29, 1.82) is 0 Å². The molecule has 0 aliphatic heterocycles. The van der Waals surface area contributed by atoms with E-state index in [0.29, 0.717) is 26.4 Å². The fraction of sp³-hybridized carbons (Fsp3) is 0.152. The highest BCUT2D eigenvalue weighted by Gasteiger charge is 2.10. The number of fused-ring (bicyclic) bond motifs is 1. The molecule has 0 radical (unpaired) electrons. The number of ether oxygens (including phenoxy) is 4. The Hall–Kier alpha value is -4.28. The molecule has 0 unspecified atom stereocenters. The van der Waals surface area contributed by atoms with Gasteiger partial charge in [-0.3, -0.25) is 0 Å². The molecule has 0 aliphatic rings. The van der Waals surface area contributed by atoms with E-state index in [1.807, 2.05) is 72.8 Å². The summed E-state index contributed by atoms with van der Waals surface area (Å²) in [5.74, 6) is 2.32. The molecule has 0 aliphatic carbocycles. The minimum atomic E-state index is 0.413. The smallest absolute Gasteiger partial charge is 0.125 e. The Kier molecular flexibility index (Phi) is 7.99. The first-order chi connectivity index (χ1) is 18.3. The van der Waals surface area contributed by atoms with Crippen molar-refractivity contribution in [3.8, 4) is 17.2 Å². The van der Waals surface area contributed by atoms with E-state index in [1.54, 1.807) is 7.11 Å². The molecule has 0 bridgehead atoms. The van der Waals surface area contributed by atoms with Gasteiger partial charge in [0, 0.05) is 11.6 Å². The average molecular weight is 491 g/mol. The van der Waals surface area contributed by atoms with Crippen molar-refractivity contribution in [3.63, 3.8) is 0 Å². The third-order valence-electron chi connectivity index (χ3n) is 6.17. The van der Waals surface area contributed by atoms with E-state index >= 15 is 0 Å². The van der Waals surface area contributed by atoms with Gasteiger partial charge in [0.2, 0.25) is 0 Å². The molecule has 0 atom stereocenters. The first-order valence-electron chi connectivity index (χ1n) is 12.4. The zero-order valence-corrected chi connectivity index (χ0v) is 20.9. The molecule has 0 fully saturated rings. The molecule has 5 rings (SSSR count). The number of benzene rings is 5. The van der Waals surface area contributed by atoms with Gasteiger partial charge in [-0.1, -0.05) is 91.0 Å². The molecule has 0 saturated heterocycles. The zero-order valence-electron chi connectivity index (χ0n) is 20.9. The van der Waals surface area contributed by atoms with Crippen LogP contribution in [0.5, 0.6) is 17.2 Å². The van der Waals surface area contributed by atoms with Gasteiger partial charge in [-0.25, -0.2) is 0 Å². The maximum Gasteiger partial charge on any atom is 0.125 e. The molecular weight excluding hydrogens is 460 g/mol. The minimum absolute atomic E-state index is 0.413. The topological polar surface area (TPSA) is 36.9 Å². The Morgan fingerprint density at radius 3 is 1.73 bits per heavy atom. The molecular formula is C33H30O4. The van der Waals surface area contributed by atoms with E-state index in [9.17, 15) is 0 Å². The van der Waals surface area contributed by atoms with Crippen LogP contribution in [0.4, 0.5) is 0 Å². The highest BCUT2D eigenvalue weighted by Crippen LogP contribution is 2.30. The summed E-state index contributed by atoms with van der Waals surface area (Å²) in [6.07, 6.45) is 0. The average Bonchev–Trinajstić information content (AvgIpc) is 2.96. The lowest BCUT2D eigenvalue weighted by Crippen LogP contribution is -2.01. The number of rotatable bonds is 11. The number of hydrogen-bond donors (Lipinski definition) is 0. The SMILES string of the molecule is COc1ccc2ccccc2c1COCc1cc(OCc2ccccc2)cc(OCc2ccccc2)c1. The normalized spacial score (nSPS) is 10.8. The van der Waals surface area contributed by atoms with Gasteiger partial charge >= 0.3 is 0 Å². The molecule has 0 aromatic heterocycles. The predicted octanol–water partition coefficient (Wildman–Crippen LogP) is 7.72. The largest absolute Gasteiger partial charge is 0.496 e. The fourth-order valence-corrected chi connectivity index (χ4v) is 4.29. The van der Waals surface area contributed by atoms with Gasteiger partial charge in [-0.15, -0.1) is 0 Å². The highest BCUT2D eigenvalue weighted by molar-refractivity contribution is 5.87. The molecule has 0 N–H and O–H groups in total. The molecule has 4 nitrogen and oxygen atoms in total. The first-order valence-corrected chi connectivity index (χ1v) is 12.4. The Bertz CT molecular complexity index is 1370. The molecule has 0 saturated carbocycles. The van der Waals surface area contributed by atoms with Gasteiger partial charge in [0.15, 0.2) is 0 Å². The number of methoxy groups -OCH3 is 1. The summed E-state index contributed by atoms with van der Waals surface area (Å²) in [7, 11) is 1.69. The van der Waals surface area contributed by atoms with E-state index in [4.69, 9.17) is 18.9 Å². The summed E-state index contributed by atoms with van der Waals surface area (Å²) < 4.78 is 24.1. The molecule has 5 aromatic carbocycles. The van der Waals surface area contributed by atoms with Crippen molar-refractivity contribution < 1.29 is 18.9 Å². The van der Waals surface area contributed by atoms with E-state index in [1.165, 1.54) is 0 Å². The third-order valence-corrected chi connectivity index (χ3v) is 6.17. The maximum atomic E-state index is 6.20. The van der Waals surface area contributed by atoms with E-state index < -0.39 is 0 Å². The van der Waals surface area contributed by atoms with Gasteiger partial charge in [0.05, 0.1) is 20.3 Å². The standard InChI is InChI=1S/C33H30O4/c1-34-33-17-16-28-14-8-9-15-31(28)32(33)24-35-21-27-18-29(36-22-25-10-4-2-5-11-25)20-30(19-27)37-23-26-12-6-3-7-13-26/h2-20H,21-24H2,1H3. The van der Waals surface area contributed by atoms with Crippen LogP contribution in [-0.4, -0.2) is 7.11 Å². The van der Waals surface area contributed by atoms with Crippen LogP contribution in [0.3, 0.4) is 0 Å². The van der Waals surface area contributed by atoms with Crippen LogP contribution >= 0.6 is 0 Å². The van der Waals surface area contributed by atoms with Gasteiger partial charge in [0.25, 0.3) is 0 Å². The van der Waals surface area contributed by atoms with Gasteiger partial charge in [-0.2, -0.15) is 0 Å². The molecule has 37 heavy (non-hydrogen) atoms. The predicted molar refractivity (Wildman–Crippen MR) is 147 cm³/mol. The fourth-order valence-electron chi connectivity index (χ4n) is 4.29. The second-order valence-electron chi connectivity index (χ2n) is 8.82. The zero-order chi connectivity index (χ0) is 25.3. The van der Waals surface area contributed by atoms with Gasteiger partial charge in [-0.05, 0) is 45.7 Å². The van der Waals surface area contributed by atoms with Crippen molar-refractivity contribution in [2.45, 2.75) is 26.4 Å². The summed E-state index contributed by atoms with van der Waals surface area (Å²) in [6.45, 7) is 1.81. The van der Waals surface area contributed by atoms with Crippen LogP contribution in [0.25, 0.3) is 10.8 Å². The van der Waals surface area contributed by atoms with Crippen molar-refractivity contribution in [2.75, 3.05) is 7.11 Å². The monoisotopic (exact) mass is 490 g/mol. The minimum Gasteiger partial charge on any atom is -0.496 e. The Morgan fingerprint density at radius 1 is 0.514 bits per heavy atom.